The molecule has 0 aliphatic heterocycles. The van der Waals surface area contributed by atoms with E-state index in [2.05, 4.69) is 58.0 Å². The second-order valence-electron chi connectivity index (χ2n) is 6.97. The van der Waals surface area contributed by atoms with Crippen LogP contribution in [0.4, 0.5) is 0 Å². The first kappa shape index (κ1) is 18.4. The summed E-state index contributed by atoms with van der Waals surface area (Å²) >= 11 is 0. The highest BCUT2D eigenvalue weighted by Crippen LogP contribution is 2.30. The van der Waals surface area contributed by atoms with E-state index in [1.807, 2.05) is 6.07 Å². The van der Waals surface area contributed by atoms with E-state index in [-0.39, 0.29) is 0 Å². The monoisotopic (exact) mass is 326 g/mol. The highest BCUT2D eigenvalue weighted by Gasteiger charge is 2.15. The quantitative estimate of drug-likeness (QED) is 0.680. The summed E-state index contributed by atoms with van der Waals surface area (Å²) in [7, 11) is 3.36. The van der Waals surface area contributed by atoms with Gasteiger partial charge in [-0.3, -0.25) is 0 Å². The van der Waals surface area contributed by atoms with Crippen molar-refractivity contribution in [3.63, 3.8) is 0 Å². The van der Waals surface area contributed by atoms with Gasteiger partial charge in [0.05, 0.1) is 14.2 Å². The molecule has 0 N–H and O–H groups in total. The maximum atomic E-state index is 5.41. The minimum absolute atomic E-state index is 0.602. The highest BCUT2D eigenvalue weighted by atomic mass is 16.5. The van der Waals surface area contributed by atoms with Crippen LogP contribution in [0.5, 0.6) is 11.5 Å². The van der Waals surface area contributed by atoms with E-state index >= 15 is 0 Å². The fourth-order valence-corrected chi connectivity index (χ4v) is 3.08. The van der Waals surface area contributed by atoms with Gasteiger partial charge in [0.1, 0.15) is 0 Å². The Morgan fingerprint density at radius 2 is 1.25 bits per heavy atom. The van der Waals surface area contributed by atoms with Crippen LogP contribution in [-0.2, 0) is 12.8 Å². The molecule has 2 aromatic carbocycles. The topological polar surface area (TPSA) is 18.5 Å². The number of ether oxygens (including phenoxy) is 2. The van der Waals surface area contributed by atoms with Gasteiger partial charge in [-0.2, -0.15) is 0 Å². The van der Waals surface area contributed by atoms with Crippen molar-refractivity contribution in [2.45, 2.75) is 40.5 Å². The SMILES string of the molecule is COc1ccc(C[C@@H](C)[C@H](C)Cc2ccc(C)c(C)c2)cc1OC. The Kier molecular flexibility index (Phi) is 6.30. The van der Waals surface area contributed by atoms with Gasteiger partial charge in [-0.1, -0.05) is 38.1 Å². The fourth-order valence-electron chi connectivity index (χ4n) is 3.08. The molecule has 0 aromatic heterocycles. The van der Waals surface area contributed by atoms with Crippen LogP contribution in [0, 0.1) is 25.7 Å². The van der Waals surface area contributed by atoms with Gasteiger partial charge < -0.3 is 9.47 Å². The lowest BCUT2D eigenvalue weighted by molar-refractivity contribution is 0.352. The standard InChI is InChI=1S/C22H30O2/c1-15-7-8-19(11-16(15)2)12-17(3)18(4)13-20-9-10-21(23-5)22(14-20)24-6/h7-11,14,17-18H,12-13H2,1-6H3/t17-,18-/m1/s1. The zero-order chi connectivity index (χ0) is 17.7. The molecule has 2 aromatic rings. The van der Waals surface area contributed by atoms with Crippen molar-refractivity contribution in [1.82, 2.24) is 0 Å². The van der Waals surface area contributed by atoms with Gasteiger partial charge in [-0.25, -0.2) is 0 Å². The van der Waals surface area contributed by atoms with Gasteiger partial charge in [-0.15, -0.1) is 0 Å². The van der Waals surface area contributed by atoms with Crippen molar-refractivity contribution >= 4 is 0 Å². The molecule has 2 heteroatoms. The van der Waals surface area contributed by atoms with Gasteiger partial charge in [0, 0.05) is 0 Å². The average Bonchev–Trinajstić information content (AvgIpc) is 2.57. The largest absolute Gasteiger partial charge is 0.493 e. The Bertz CT molecular complexity index is 676. The molecule has 2 atom stereocenters. The number of hydrogen-bond donors (Lipinski definition) is 0. The third kappa shape index (κ3) is 4.53. The van der Waals surface area contributed by atoms with Crippen molar-refractivity contribution in [3.8, 4) is 11.5 Å². The summed E-state index contributed by atoms with van der Waals surface area (Å²) < 4.78 is 10.7. The Morgan fingerprint density at radius 1 is 0.708 bits per heavy atom. The molecule has 0 heterocycles. The predicted octanol–water partition coefficient (Wildman–Crippen LogP) is 5.38. The zero-order valence-electron chi connectivity index (χ0n) is 15.8. The molecule has 24 heavy (non-hydrogen) atoms. The summed E-state index contributed by atoms with van der Waals surface area (Å²) in [5, 5.41) is 0. The minimum Gasteiger partial charge on any atom is -0.493 e. The number of rotatable bonds is 7. The highest BCUT2D eigenvalue weighted by molar-refractivity contribution is 5.43. The molecule has 0 unspecified atom stereocenters. The van der Waals surface area contributed by atoms with Crippen LogP contribution >= 0.6 is 0 Å². The van der Waals surface area contributed by atoms with Crippen molar-refractivity contribution in [2.24, 2.45) is 11.8 Å². The van der Waals surface area contributed by atoms with Gasteiger partial charge >= 0.3 is 0 Å². The molecular formula is C22H30O2. The number of aryl methyl sites for hydroxylation is 2. The summed E-state index contributed by atoms with van der Waals surface area (Å²) in [5.74, 6) is 2.83. The number of hydrogen-bond acceptors (Lipinski definition) is 2. The molecule has 0 amide bonds. The van der Waals surface area contributed by atoms with E-state index in [0.29, 0.717) is 11.8 Å². The van der Waals surface area contributed by atoms with Crippen LogP contribution in [0.25, 0.3) is 0 Å². The van der Waals surface area contributed by atoms with E-state index in [1.165, 1.54) is 22.3 Å². The van der Waals surface area contributed by atoms with Crippen molar-refractivity contribution in [2.75, 3.05) is 14.2 Å². The molecule has 0 aliphatic carbocycles. The number of methoxy groups -OCH3 is 2. The molecule has 130 valence electrons. The fraction of sp³-hybridized carbons (Fsp3) is 0.455. The van der Waals surface area contributed by atoms with E-state index in [9.17, 15) is 0 Å². The number of benzene rings is 2. The first-order valence-corrected chi connectivity index (χ1v) is 8.71. The van der Waals surface area contributed by atoms with Gasteiger partial charge in [0.25, 0.3) is 0 Å². The van der Waals surface area contributed by atoms with Crippen LogP contribution in [0.15, 0.2) is 36.4 Å². The molecule has 0 fully saturated rings. The van der Waals surface area contributed by atoms with E-state index < -0.39 is 0 Å². The van der Waals surface area contributed by atoms with Crippen molar-refractivity contribution < 1.29 is 9.47 Å². The zero-order valence-corrected chi connectivity index (χ0v) is 15.8. The second-order valence-corrected chi connectivity index (χ2v) is 6.97. The maximum absolute atomic E-state index is 5.41. The van der Waals surface area contributed by atoms with Crippen LogP contribution in [0.3, 0.4) is 0 Å². The third-order valence-electron chi connectivity index (χ3n) is 5.11. The molecule has 0 spiro atoms. The third-order valence-corrected chi connectivity index (χ3v) is 5.11. The Balaban J connectivity index is 2.03. The lowest BCUT2D eigenvalue weighted by Gasteiger charge is -2.21. The van der Waals surface area contributed by atoms with Crippen LogP contribution in [-0.4, -0.2) is 14.2 Å². The lowest BCUT2D eigenvalue weighted by Crippen LogP contribution is -2.14. The Hall–Kier alpha value is -1.96. The predicted molar refractivity (Wildman–Crippen MR) is 101 cm³/mol. The normalized spacial score (nSPS) is 13.4. The molecule has 2 rings (SSSR count). The molecule has 0 bridgehead atoms. The molecule has 0 saturated heterocycles. The smallest absolute Gasteiger partial charge is 0.160 e. The summed E-state index contributed by atoms with van der Waals surface area (Å²) in [6.07, 6.45) is 2.17. The van der Waals surface area contributed by atoms with Gasteiger partial charge in [0.2, 0.25) is 0 Å². The van der Waals surface area contributed by atoms with Gasteiger partial charge in [-0.05, 0) is 72.9 Å². The summed E-state index contributed by atoms with van der Waals surface area (Å²) in [6.45, 7) is 9.04. The molecule has 2 nitrogen and oxygen atoms in total. The summed E-state index contributed by atoms with van der Waals surface area (Å²) in [6, 6.07) is 13.1. The molecular weight excluding hydrogens is 296 g/mol. The second kappa shape index (κ2) is 8.23. The van der Waals surface area contributed by atoms with Crippen molar-refractivity contribution in [1.29, 1.82) is 0 Å². The van der Waals surface area contributed by atoms with Crippen LogP contribution in [0.2, 0.25) is 0 Å². The minimum atomic E-state index is 0.602. The first-order chi connectivity index (χ1) is 11.4. The maximum Gasteiger partial charge on any atom is 0.160 e. The van der Waals surface area contributed by atoms with E-state index in [1.54, 1.807) is 14.2 Å². The Morgan fingerprint density at radius 3 is 1.79 bits per heavy atom. The first-order valence-electron chi connectivity index (χ1n) is 8.71. The summed E-state index contributed by atoms with van der Waals surface area (Å²) in [5.41, 5.74) is 5.48. The molecule has 0 saturated carbocycles. The lowest BCUT2D eigenvalue weighted by atomic mass is 9.85. The van der Waals surface area contributed by atoms with Gasteiger partial charge in [0.15, 0.2) is 11.5 Å². The summed E-state index contributed by atoms with van der Waals surface area (Å²) in [4.78, 5) is 0. The molecule has 0 aliphatic rings. The van der Waals surface area contributed by atoms with E-state index in [0.717, 1.165) is 24.3 Å². The van der Waals surface area contributed by atoms with Crippen molar-refractivity contribution in [3.05, 3.63) is 58.7 Å². The van der Waals surface area contributed by atoms with Crippen LogP contribution < -0.4 is 9.47 Å². The average molecular weight is 326 g/mol. The van der Waals surface area contributed by atoms with E-state index in [4.69, 9.17) is 9.47 Å². The van der Waals surface area contributed by atoms with Crippen LogP contribution in [0.1, 0.15) is 36.1 Å². The molecule has 0 radical (unpaired) electrons. The Labute approximate surface area is 146 Å².